The van der Waals surface area contributed by atoms with Crippen molar-refractivity contribution in [3.8, 4) is 0 Å². The normalized spacial score (nSPS) is 20.5. The number of nitrogens with one attached hydrogen (secondary N) is 3. The molecule has 1 unspecified atom stereocenters. The van der Waals surface area contributed by atoms with Crippen LogP contribution in [0.4, 0.5) is 5.69 Å². The average molecular weight is 370 g/mol. The monoisotopic (exact) mass is 369 g/mol. The van der Waals surface area contributed by atoms with Crippen molar-refractivity contribution in [3.05, 3.63) is 64.7 Å². The van der Waals surface area contributed by atoms with Gasteiger partial charge in [-0.2, -0.15) is 0 Å². The molecule has 3 N–H and O–H groups in total. The molecule has 0 bridgehead atoms. The number of rotatable bonds is 4. The zero-order chi connectivity index (χ0) is 18.1. The maximum absolute atomic E-state index is 13.1. The van der Waals surface area contributed by atoms with E-state index in [1.54, 1.807) is 0 Å². The topological polar surface area (TPSA) is 70.2 Å². The van der Waals surface area contributed by atoms with Gasteiger partial charge in [0.15, 0.2) is 0 Å². The third kappa shape index (κ3) is 3.20. The maximum atomic E-state index is 13.1. The number of hydrogen-bond acceptors (Lipinski definition) is 3. The summed E-state index contributed by atoms with van der Waals surface area (Å²) in [5.74, 6) is -0.0896. The van der Waals surface area contributed by atoms with Crippen LogP contribution in [0.2, 0.25) is 5.02 Å². The first kappa shape index (κ1) is 17.1. The van der Waals surface area contributed by atoms with Gasteiger partial charge in [-0.25, -0.2) is 0 Å². The minimum absolute atomic E-state index is 0.0132. The number of benzene rings is 2. The lowest BCUT2D eigenvalue weighted by molar-refractivity contribution is -0.135. The Balaban J connectivity index is 1.53. The number of fused-ring (bicyclic) bond motifs is 1. The van der Waals surface area contributed by atoms with Crippen molar-refractivity contribution in [3.63, 3.8) is 0 Å². The fourth-order valence-electron chi connectivity index (χ4n) is 3.64. The lowest BCUT2D eigenvalue weighted by atomic mass is 9.75. The van der Waals surface area contributed by atoms with Gasteiger partial charge in [0.2, 0.25) is 11.8 Å². The molecule has 4 rings (SSSR count). The summed E-state index contributed by atoms with van der Waals surface area (Å²) >= 11 is 5.95. The van der Waals surface area contributed by atoms with Crippen molar-refractivity contribution in [1.82, 2.24) is 10.6 Å². The van der Waals surface area contributed by atoms with Gasteiger partial charge in [-0.15, -0.1) is 0 Å². The highest BCUT2D eigenvalue weighted by Gasteiger charge is 2.45. The summed E-state index contributed by atoms with van der Waals surface area (Å²) in [6.07, 6.45) is 0.900. The Bertz CT molecular complexity index is 846. The molecule has 5 nitrogen and oxygen atoms in total. The quantitative estimate of drug-likeness (QED) is 0.776. The van der Waals surface area contributed by atoms with Gasteiger partial charge < -0.3 is 16.0 Å². The van der Waals surface area contributed by atoms with E-state index in [0.29, 0.717) is 24.5 Å². The molecule has 2 aliphatic rings. The molecular weight excluding hydrogens is 350 g/mol. The van der Waals surface area contributed by atoms with E-state index < -0.39 is 5.41 Å². The van der Waals surface area contributed by atoms with Crippen molar-refractivity contribution in [2.24, 2.45) is 5.41 Å². The fraction of sp³-hybridized carbons (Fsp3) is 0.300. The van der Waals surface area contributed by atoms with E-state index in [2.05, 4.69) is 16.0 Å². The molecule has 0 aromatic heterocycles. The van der Waals surface area contributed by atoms with E-state index >= 15 is 0 Å². The molecule has 0 saturated carbocycles. The molecule has 2 aromatic carbocycles. The van der Waals surface area contributed by atoms with Crippen LogP contribution in [-0.4, -0.2) is 24.9 Å². The van der Waals surface area contributed by atoms with Crippen LogP contribution in [0.25, 0.3) is 0 Å². The third-order valence-corrected chi connectivity index (χ3v) is 5.42. The number of para-hydroxylation sites is 1. The fourth-order valence-corrected chi connectivity index (χ4v) is 3.76. The van der Waals surface area contributed by atoms with Crippen molar-refractivity contribution in [1.29, 1.82) is 0 Å². The zero-order valence-corrected chi connectivity index (χ0v) is 15.0. The molecule has 2 amide bonds. The van der Waals surface area contributed by atoms with Gasteiger partial charge in [0.1, 0.15) is 0 Å². The molecule has 1 saturated heterocycles. The predicted octanol–water partition coefficient (Wildman–Crippen LogP) is 2.67. The van der Waals surface area contributed by atoms with Gasteiger partial charge in [-0.1, -0.05) is 41.9 Å². The molecule has 0 spiro atoms. The van der Waals surface area contributed by atoms with Crippen LogP contribution >= 0.6 is 11.6 Å². The van der Waals surface area contributed by atoms with Gasteiger partial charge >= 0.3 is 0 Å². The Kier molecular flexibility index (Phi) is 4.42. The Labute approximate surface area is 157 Å². The summed E-state index contributed by atoms with van der Waals surface area (Å²) in [4.78, 5) is 25.1. The second kappa shape index (κ2) is 6.74. The number of anilines is 1. The van der Waals surface area contributed by atoms with Crippen molar-refractivity contribution < 1.29 is 9.59 Å². The minimum atomic E-state index is -0.489. The van der Waals surface area contributed by atoms with Gasteiger partial charge in [0.25, 0.3) is 0 Å². The first-order chi connectivity index (χ1) is 12.6. The lowest BCUT2D eigenvalue weighted by Crippen LogP contribution is -2.63. The maximum Gasteiger partial charge on any atom is 0.229 e. The number of halogens is 1. The SMILES string of the molecule is O=C1CC(NC(=O)C2(Cc3ccc(Cl)cc3)CNC2)c2ccccc2N1. The molecule has 6 heteroatoms. The van der Waals surface area contributed by atoms with Gasteiger partial charge in [0, 0.05) is 23.8 Å². The number of amides is 2. The van der Waals surface area contributed by atoms with E-state index in [1.807, 2.05) is 48.5 Å². The summed E-state index contributed by atoms with van der Waals surface area (Å²) in [5.41, 5.74) is 2.31. The van der Waals surface area contributed by atoms with Crippen LogP contribution < -0.4 is 16.0 Å². The Morgan fingerprint density at radius 3 is 2.58 bits per heavy atom. The van der Waals surface area contributed by atoms with Crippen LogP contribution in [0.3, 0.4) is 0 Å². The molecular formula is C20H20ClN3O2. The summed E-state index contributed by atoms with van der Waals surface area (Å²) in [6, 6.07) is 14.9. The number of carbonyl (C=O) groups is 2. The minimum Gasteiger partial charge on any atom is -0.348 e. The molecule has 2 aromatic rings. The van der Waals surface area contributed by atoms with Gasteiger partial charge in [-0.3, -0.25) is 9.59 Å². The summed E-state index contributed by atoms with van der Waals surface area (Å²) in [6.45, 7) is 1.25. The number of carbonyl (C=O) groups excluding carboxylic acids is 2. The first-order valence-corrected chi connectivity index (χ1v) is 9.08. The van der Waals surface area contributed by atoms with Crippen molar-refractivity contribution in [2.45, 2.75) is 18.9 Å². The van der Waals surface area contributed by atoms with E-state index in [0.717, 1.165) is 16.8 Å². The molecule has 2 aliphatic heterocycles. The molecule has 26 heavy (non-hydrogen) atoms. The smallest absolute Gasteiger partial charge is 0.229 e. The van der Waals surface area contributed by atoms with Crippen LogP contribution in [0.5, 0.6) is 0 Å². The molecule has 2 heterocycles. The van der Waals surface area contributed by atoms with E-state index in [4.69, 9.17) is 11.6 Å². The highest BCUT2D eigenvalue weighted by Crippen LogP contribution is 2.33. The van der Waals surface area contributed by atoms with Crippen LogP contribution in [-0.2, 0) is 16.0 Å². The first-order valence-electron chi connectivity index (χ1n) is 8.71. The van der Waals surface area contributed by atoms with Gasteiger partial charge in [0.05, 0.1) is 17.9 Å². The number of hydrogen-bond donors (Lipinski definition) is 3. The highest BCUT2D eigenvalue weighted by atomic mass is 35.5. The lowest BCUT2D eigenvalue weighted by Gasteiger charge is -2.42. The Hall–Kier alpha value is -2.37. The summed E-state index contributed by atoms with van der Waals surface area (Å²) in [7, 11) is 0. The van der Waals surface area contributed by atoms with E-state index in [-0.39, 0.29) is 24.3 Å². The van der Waals surface area contributed by atoms with Crippen LogP contribution in [0.1, 0.15) is 23.6 Å². The van der Waals surface area contributed by atoms with Crippen LogP contribution in [0, 0.1) is 5.41 Å². The zero-order valence-electron chi connectivity index (χ0n) is 14.2. The summed E-state index contributed by atoms with van der Waals surface area (Å²) < 4.78 is 0. The molecule has 0 radical (unpaired) electrons. The largest absolute Gasteiger partial charge is 0.348 e. The highest BCUT2D eigenvalue weighted by molar-refractivity contribution is 6.30. The van der Waals surface area contributed by atoms with Crippen molar-refractivity contribution >= 4 is 29.1 Å². The van der Waals surface area contributed by atoms with E-state index in [1.165, 1.54) is 0 Å². The standard InChI is InChI=1S/C20H20ClN3O2/c21-14-7-5-13(6-8-14)10-20(11-22-12-20)19(26)24-17-9-18(25)23-16-4-2-1-3-15(16)17/h1-8,17,22H,9-12H2,(H,23,25)(H,24,26). The van der Waals surface area contributed by atoms with Crippen molar-refractivity contribution in [2.75, 3.05) is 18.4 Å². The second-order valence-electron chi connectivity index (χ2n) is 7.05. The summed E-state index contributed by atoms with van der Waals surface area (Å²) in [5, 5.41) is 9.87. The Morgan fingerprint density at radius 1 is 1.15 bits per heavy atom. The molecule has 1 fully saturated rings. The van der Waals surface area contributed by atoms with Gasteiger partial charge in [-0.05, 0) is 35.7 Å². The predicted molar refractivity (Wildman–Crippen MR) is 101 cm³/mol. The average Bonchev–Trinajstić information content (AvgIpc) is 2.59. The third-order valence-electron chi connectivity index (χ3n) is 5.17. The molecule has 134 valence electrons. The second-order valence-corrected chi connectivity index (χ2v) is 7.49. The molecule has 1 atom stereocenters. The molecule has 0 aliphatic carbocycles. The van der Waals surface area contributed by atoms with Crippen LogP contribution in [0.15, 0.2) is 48.5 Å². The Morgan fingerprint density at radius 2 is 1.88 bits per heavy atom. The van der Waals surface area contributed by atoms with E-state index in [9.17, 15) is 9.59 Å².